The van der Waals surface area contributed by atoms with Crippen LogP contribution < -0.4 is 0 Å². The second-order valence-electron chi connectivity index (χ2n) is 4.27. The molecule has 0 unspecified atom stereocenters. The van der Waals surface area contributed by atoms with Crippen LogP contribution in [0.15, 0.2) is 59.1 Å². The van der Waals surface area contributed by atoms with Gasteiger partial charge in [0.15, 0.2) is 5.76 Å². The van der Waals surface area contributed by atoms with E-state index in [1.54, 1.807) is 6.20 Å². The van der Waals surface area contributed by atoms with Crippen LogP contribution >= 0.6 is 0 Å². The van der Waals surface area contributed by atoms with Crippen LogP contribution in [-0.2, 0) is 0 Å². The van der Waals surface area contributed by atoms with E-state index in [2.05, 4.69) is 9.97 Å². The Morgan fingerprint density at radius 2 is 1.94 bits per heavy atom. The van der Waals surface area contributed by atoms with Crippen molar-refractivity contribution in [2.24, 2.45) is 0 Å². The zero-order valence-corrected chi connectivity index (χ0v) is 9.55. The van der Waals surface area contributed by atoms with Gasteiger partial charge in [0.2, 0.25) is 0 Å². The highest BCUT2D eigenvalue weighted by atomic mass is 16.3. The highest BCUT2D eigenvalue weighted by molar-refractivity contribution is 5.86. The Balaban J connectivity index is 1.95. The first kappa shape index (κ1) is 9.48. The van der Waals surface area contributed by atoms with Crippen molar-refractivity contribution in [2.45, 2.75) is 0 Å². The summed E-state index contributed by atoms with van der Waals surface area (Å²) in [4.78, 5) is 7.62. The second-order valence-corrected chi connectivity index (χ2v) is 4.27. The van der Waals surface area contributed by atoms with Crippen LogP contribution in [0.2, 0.25) is 0 Å². The fourth-order valence-electron chi connectivity index (χ4n) is 2.20. The average Bonchev–Trinajstić information content (AvgIpc) is 3.02. The van der Waals surface area contributed by atoms with E-state index in [-0.39, 0.29) is 0 Å². The SMILES string of the molecule is c1ccc2oc(-c3cc4ncccc4[nH]3)cc2c1. The van der Waals surface area contributed by atoms with Gasteiger partial charge in [0, 0.05) is 11.6 Å². The highest BCUT2D eigenvalue weighted by Crippen LogP contribution is 2.28. The van der Waals surface area contributed by atoms with E-state index >= 15 is 0 Å². The minimum absolute atomic E-state index is 0.842. The number of hydrogen-bond acceptors (Lipinski definition) is 2. The monoisotopic (exact) mass is 234 g/mol. The number of aromatic nitrogens is 2. The fraction of sp³-hybridized carbons (Fsp3) is 0. The summed E-state index contributed by atoms with van der Waals surface area (Å²) in [6.07, 6.45) is 1.79. The summed E-state index contributed by atoms with van der Waals surface area (Å²) >= 11 is 0. The standard InChI is InChI=1S/C15H10N2O/c1-2-6-14-10(4-1)8-15(18-14)13-9-12-11(17-13)5-3-7-16-12/h1-9,17H. The van der Waals surface area contributed by atoms with Crippen LogP contribution in [0.4, 0.5) is 0 Å². The third-order valence-electron chi connectivity index (χ3n) is 3.08. The second kappa shape index (κ2) is 3.47. The molecule has 3 heteroatoms. The molecule has 1 N–H and O–H groups in total. The number of nitrogens with zero attached hydrogens (tertiary/aromatic N) is 1. The summed E-state index contributed by atoms with van der Waals surface area (Å²) in [6.45, 7) is 0. The molecule has 0 spiro atoms. The van der Waals surface area contributed by atoms with Crippen LogP contribution in [0.5, 0.6) is 0 Å². The maximum atomic E-state index is 5.82. The molecule has 0 aliphatic rings. The van der Waals surface area contributed by atoms with Crippen molar-refractivity contribution in [3.05, 3.63) is 54.7 Å². The van der Waals surface area contributed by atoms with Gasteiger partial charge in [-0.3, -0.25) is 4.98 Å². The lowest BCUT2D eigenvalue weighted by molar-refractivity contribution is 0.629. The first-order chi connectivity index (χ1) is 8.90. The molecule has 0 aliphatic carbocycles. The molecule has 0 atom stereocenters. The molecular weight excluding hydrogens is 224 g/mol. The van der Waals surface area contributed by atoms with Crippen molar-refractivity contribution in [1.82, 2.24) is 9.97 Å². The average molecular weight is 234 g/mol. The molecule has 1 aromatic carbocycles. The summed E-state index contributed by atoms with van der Waals surface area (Å²) in [5.74, 6) is 0.842. The Labute approximate surface area is 103 Å². The van der Waals surface area contributed by atoms with Crippen LogP contribution in [0.3, 0.4) is 0 Å². The van der Waals surface area contributed by atoms with Crippen molar-refractivity contribution >= 4 is 22.0 Å². The minimum atomic E-state index is 0.842. The van der Waals surface area contributed by atoms with E-state index in [1.807, 2.05) is 48.5 Å². The Morgan fingerprint density at radius 1 is 1.00 bits per heavy atom. The molecule has 3 heterocycles. The van der Waals surface area contributed by atoms with Gasteiger partial charge in [0.1, 0.15) is 5.58 Å². The van der Waals surface area contributed by atoms with Crippen LogP contribution in [-0.4, -0.2) is 9.97 Å². The van der Waals surface area contributed by atoms with E-state index in [9.17, 15) is 0 Å². The zero-order chi connectivity index (χ0) is 11.9. The number of furan rings is 1. The number of pyridine rings is 1. The molecule has 3 aromatic heterocycles. The van der Waals surface area contributed by atoms with E-state index in [0.717, 1.165) is 33.5 Å². The van der Waals surface area contributed by atoms with Gasteiger partial charge in [-0.15, -0.1) is 0 Å². The van der Waals surface area contributed by atoms with E-state index in [1.165, 1.54) is 0 Å². The number of nitrogens with one attached hydrogen (secondary N) is 1. The van der Waals surface area contributed by atoms with Gasteiger partial charge in [0.25, 0.3) is 0 Å². The van der Waals surface area contributed by atoms with Gasteiger partial charge in [-0.1, -0.05) is 18.2 Å². The molecule has 0 amide bonds. The Morgan fingerprint density at radius 3 is 2.83 bits per heavy atom. The number of para-hydroxylation sites is 1. The predicted octanol–water partition coefficient (Wildman–Crippen LogP) is 3.98. The first-order valence-corrected chi connectivity index (χ1v) is 5.83. The Bertz CT molecular complexity index is 704. The number of benzene rings is 1. The van der Waals surface area contributed by atoms with Gasteiger partial charge in [-0.25, -0.2) is 0 Å². The zero-order valence-electron chi connectivity index (χ0n) is 9.55. The molecule has 4 rings (SSSR count). The van der Waals surface area contributed by atoms with Gasteiger partial charge in [-0.2, -0.15) is 0 Å². The number of fused-ring (bicyclic) bond motifs is 2. The molecule has 0 saturated carbocycles. The maximum absolute atomic E-state index is 5.82. The molecule has 0 radical (unpaired) electrons. The Hall–Kier alpha value is -2.55. The van der Waals surface area contributed by atoms with E-state index in [4.69, 9.17) is 4.42 Å². The molecular formula is C15H10N2O. The van der Waals surface area contributed by atoms with E-state index < -0.39 is 0 Å². The summed E-state index contributed by atoms with van der Waals surface area (Å²) in [6, 6.07) is 16.0. The van der Waals surface area contributed by atoms with Crippen molar-refractivity contribution in [3.8, 4) is 11.5 Å². The minimum Gasteiger partial charge on any atom is -0.455 e. The lowest BCUT2D eigenvalue weighted by Gasteiger charge is -1.88. The number of hydrogen-bond donors (Lipinski definition) is 1. The quantitative estimate of drug-likeness (QED) is 0.541. The highest BCUT2D eigenvalue weighted by Gasteiger charge is 2.08. The van der Waals surface area contributed by atoms with Crippen LogP contribution in [0, 0.1) is 0 Å². The maximum Gasteiger partial charge on any atom is 0.151 e. The van der Waals surface area contributed by atoms with Crippen LogP contribution in [0.25, 0.3) is 33.5 Å². The molecule has 86 valence electrons. The molecule has 0 saturated heterocycles. The van der Waals surface area contributed by atoms with Crippen molar-refractivity contribution in [3.63, 3.8) is 0 Å². The normalized spacial score (nSPS) is 11.3. The topological polar surface area (TPSA) is 41.8 Å². The molecule has 18 heavy (non-hydrogen) atoms. The van der Waals surface area contributed by atoms with Crippen molar-refractivity contribution in [2.75, 3.05) is 0 Å². The van der Waals surface area contributed by atoms with Gasteiger partial charge in [0.05, 0.1) is 16.7 Å². The lowest BCUT2D eigenvalue weighted by atomic mass is 10.2. The van der Waals surface area contributed by atoms with Crippen LogP contribution in [0.1, 0.15) is 0 Å². The summed E-state index contributed by atoms with van der Waals surface area (Å²) in [5.41, 5.74) is 3.83. The Kier molecular flexibility index (Phi) is 1.83. The van der Waals surface area contributed by atoms with Crippen molar-refractivity contribution < 1.29 is 4.42 Å². The molecule has 3 nitrogen and oxygen atoms in total. The number of aromatic amines is 1. The third-order valence-corrected chi connectivity index (χ3v) is 3.08. The largest absolute Gasteiger partial charge is 0.455 e. The lowest BCUT2D eigenvalue weighted by Crippen LogP contribution is -1.71. The van der Waals surface area contributed by atoms with Gasteiger partial charge < -0.3 is 9.40 Å². The molecule has 0 bridgehead atoms. The third kappa shape index (κ3) is 1.34. The summed E-state index contributed by atoms with van der Waals surface area (Å²) in [5, 5.41) is 1.11. The fourth-order valence-corrected chi connectivity index (χ4v) is 2.20. The molecule has 4 aromatic rings. The molecule has 0 fully saturated rings. The smallest absolute Gasteiger partial charge is 0.151 e. The summed E-state index contributed by atoms with van der Waals surface area (Å²) in [7, 11) is 0. The predicted molar refractivity (Wildman–Crippen MR) is 71.3 cm³/mol. The van der Waals surface area contributed by atoms with Crippen molar-refractivity contribution in [1.29, 1.82) is 0 Å². The molecule has 0 aliphatic heterocycles. The van der Waals surface area contributed by atoms with Gasteiger partial charge in [-0.05, 0) is 30.3 Å². The van der Waals surface area contributed by atoms with E-state index in [0.29, 0.717) is 0 Å². The van der Waals surface area contributed by atoms with Gasteiger partial charge >= 0.3 is 0 Å². The summed E-state index contributed by atoms with van der Waals surface area (Å²) < 4.78 is 5.82. The number of H-pyrrole nitrogens is 1. The number of rotatable bonds is 1. The first-order valence-electron chi connectivity index (χ1n) is 5.83.